The highest BCUT2D eigenvalue weighted by Crippen LogP contribution is 2.30. The van der Waals surface area contributed by atoms with Crippen molar-refractivity contribution in [3.05, 3.63) is 0 Å². The van der Waals surface area contributed by atoms with Crippen molar-refractivity contribution in [2.24, 2.45) is 5.41 Å². The minimum Gasteiger partial charge on any atom is -0.469 e. The fraction of sp³-hybridized carbons (Fsp3) is 0.923. The maximum atomic E-state index is 11.5. The molecule has 2 unspecified atom stereocenters. The van der Waals surface area contributed by atoms with Crippen molar-refractivity contribution in [1.82, 2.24) is 5.32 Å². The van der Waals surface area contributed by atoms with Gasteiger partial charge >= 0.3 is 5.97 Å². The number of nitrogens with one attached hydrogen (secondary N) is 1. The van der Waals surface area contributed by atoms with Crippen LogP contribution in [0.5, 0.6) is 0 Å². The van der Waals surface area contributed by atoms with Crippen LogP contribution in [0.1, 0.15) is 40.0 Å². The Bertz CT molecular complexity index is 256. The van der Waals surface area contributed by atoms with Gasteiger partial charge in [0.25, 0.3) is 0 Å². The topological polar surface area (TPSA) is 38.3 Å². The number of thioether (sulfide) groups is 1. The van der Waals surface area contributed by atoms with Gasteiger partial charge in [-0.05, 0) is 38.9 Å². The van der Waals surface area contributed by atoms with Crippen LogP contribution in [-0.2, 0) is 9.53 Å². The molecule has 1 rings (SSSR count). The molecule has 100 valence electrons. The van der Waals surface area contributed by atoms with Crippen LogP contribution < -0.4 is 5.32 Å². The summed E-state index contributed by atoms with van der Waals surface area (Å²) in [5.74, 6) is 1.06. The lowest BCUT2D eigenvalue weighted by molar-refractivity contribution is -0.150. The van der Waals surface area contributed by atoms with E-state index in [-0.39, 0.29) is 5.97 Å². The molecule has 1 fully saturated rings. The van der Waals surface area contributed by atoms with Crippen molar-refractivity contribution >= 4 is 17.7 Å². The number of esters is 1. The predicted octanol–water partition coefficient (Wildman–Crippen LogP) is 2.45. The molecule has 0 aromatic carbocycles. The molecule has 1 aliphatic rings. The average Bonchev–Trinajstić information content (AvgIpc) is 2.74. The van der Waals surface area contributed by atoms with Gasteiger partial charge in [0.1, 0.15) is 0 Å². The quantitative estimate of drug-likeness (QED) is 0.744. The van der Waals surface area contributed by atoms with E-state index in [4.69, 9.17) is 4.74 Å². The van der Waals surface area contributed by atoms with Gasteiger partial charge in [-0.1, -0.05) is 6.92 Å². The summed E-state index contributed by atoms with van der Waals surface area (Å²) in [7, 11) is 1.45. The monoisotopic (exact) mass is 259 g/mol. The Hall–Kier alpha value is -0.220. The van der Waals surface area contributed by atoms with E-state index in [0.29, 0.717) is 12.6 Å². The number of carbonyl (C=O) groups is 1. The fourth-order valence-corrected chi connectivity index (χ4v) is 3.40. The smallest absolute Gasteiger partial charge is 0.312 e. The van der Waals surface area contributed by atoms with Crippen molar-refractivity contribution in [2.45, 2.75) is 51.3 Å². The molecule has 0 radical (unpaired) electrons. The van der Waals surface area contributed by atoms with Gasteiger partial charge in [-0.2, -0.15) is 11.8 Å². The molecule has 0 spiro atoms. The van der Waals surface area contributed by atoms with Crippen LogP contribution in [-0.4, -0.2) is 36.7 Å². The fourth-order valence-electron chi connectivity index (χ4n) is 2.26. The van der Waals surface area contributed by atoms with E-state index in [0.717, 1.165) is 5.25 Å². The lowest BCUT2D eigenvalue weighted by Crippen LogP contribution is -2.40. The standard InChI is InChI=1S/C13H25NO2S/c1-5-17-11-7-6-10(8-11)14-9-13(2,3)12(15)16-4/h10-11,14H,5-9H2,1-4H3. The first-order chi connectivity index (χ1) is 7.99. The molecule has 1 N–H and O–H groups in total. The summed E-state index contributed by atoms with van der Waals surface area (Å²) in [6, 6.07) is 0.572. The van der Waals surface area contributed by atoms with Gasteiger partial charge in [-0.15, -0.1) is 0 Å². The molecule has 3 nitrogen and oxygen atoms in total. The van der Waals surface area contributed by atoms with Gasteiger partial charge < -0.3 is 10.1 Å². The summed E-state index contributed by atoms with van der Waals surface area (Å²) < 4.78 is 4.81. The van der Waals surface area contributed by atoms with E-state index in [2.05, 4.69) is 24.0 Å². The first-order valence-electron chi connectivity index (χ1n) is 6.43. The van der Waals surface area contributed by atoms with Crippen molar-refractivity contribution in [3.8, 4) is 0 Å². The lowest BCUT2D eigenvalue weighted by Gasteiger charge is -2.24. The molecule has 0 saturated heterocycles. The van der Waals surface area contributed by atoms with Crippen LogP contribution in [0.15, 0.2) is 0 Å². The summed E-state index contributed by atoms with van der Waals surface area (Å²) >= 11 is 2.06. The van der Waals surface area contributed by atoms with Crippen LogP contribution >= 0.6 is 11.8 Å². The van der Waals surface area contributed by atoms with E-state index in [1.165, 1.54) is 32.1 Å². The number of hydrogen-bond acceptors (Lipinski definition) is 4. The Labute approximate surface area is 109 Å². The summed E-state index contributed by atoms with van der Waals surface area (Å²) in [6.07, 6.45) is 3.76. The van der Waals surface area contributed by atoms with Gasteiger partial charge in [0, 0.05) is 17.8 Å². The third-order valence-electron chi connectivity index (χ3n) is 3.36. The number of hydrogen-bond donors (Lipinski definition) is 1. The number of carbonyl (C=O) groups excluding carboxylic acids is 1. The Morgan fingerprint density at radius 3 is 2.76 bits per heavy atom. The van der Waals surface area contributed by atoms with Crippen LogP contribution in [0.4, 0.5) is 0 Å². The SMILES string of the molecule is CCSC1CCC(NCC(C)(C)C(=O)OC)C1. The van der Waals surface area contributed by atoms with Crippen molar-refractivity contribution in [3.63, 3.8) is 0 Å². The van der Waals surface area contributed by atoms with Crippen LogP contribution in [0.25, 0.3) is 0 Å². The molecule has 0 aromatic rings. The molecular formula is C13H25NO2S. The largest absolute Gasteiger partial charge is 0.469 e. The van der Waals surface area contributed by atoms with Gasteiger partial charge in [-0.25, -0.2) is 0 Å². The highest BCUT2D eigenvalue weighted by molar-refractivity contribution is 7.99. The second-order valence-electron chi connectivity index (χ2n) is 5.34. The van der Waals surface area contributed by atoms with Gasteiger partial charge in [0.15, 0.2) is 0 Å². The van der Waals surface area contributed by atoms with Crippen LogP contribution in [0.3, 0.4) is 0 Å². The van der Waals surface area contributed by atoms with Crippen molar-refractivity contribution in [2.75, 3.05) is 19.4 Å². The molecule has 2 atom stereocenters. The summed E-state index contributed by atoms with van der Waals surface area (Å²) in [6.45, 7) is 6.78. The number of rotatable bonds is 6. The summed E-state index contributed by atoms with van der Waals surface area (Å²) in [4.78, 5) is 11.5. The maximum Gasteiger partial charge on any atom is 0.312 e. The third kappa shape index (κ3) is 4.51. The maximum absolute atomic E-state index is 11.5. The summed E-state index contributed by atoms with van der Waals surface area (Å²) in [5, 5.41) is 4.32. The van der Waals surface area contributed by atoms with Crippen molar-refractivity contribution in [1.29, 1.82) is 0 Å². The zero-order valence-electron chi connectivity index (χ0n) is 11.4. The Morgan fingerprint density at radius 2 is 2.18 bits per heavy atom. The highest BCUT2D eigenvalue weighted by atomic mass is 32.2. The zero-order chi connectivity index (χ0) is 12.9. The molecule has 0 bridgehead atoms. The van der Waals surface area contributed by atoms with Gasteiger partial charge in [0.2, 0.25) is 0 Å². The Balaban J connectivity index is 2.30. The van der Waals surface area contributed by atoms with Crippen molar-refractivity contribution < 1.29 is 9.53 Å². The normalized spacial score (nSPS) is 24.9. The first-order valence-corrected chi connectivity index (χ1v) is 7.48. The van der Waals surface area contributed by atoms with Gasteiger partial charge in [-0.3, -0.25) is 4.79 Å². The molecule has 1 saturated carbocycles. The first kappa shape index (κ1) is 14.8. The molecule has 0 aromatic heterocycles. The molecule has 0 amide bonds. The molecule has 4 heteroatoms. The highest BCUT2D eigenvalue weighted by Gasteiger charge is 2.31. The minimum atomic E-state index is -0.426. The summed E-state index contributed by atoms with van der Waals surface area (Å²) in [5.41, 5.74) is -0.426. The van der Waals surface area contributed by atoms with Crippen LogP contribution in [0.2, 0.25) is 0 Å². The average molecular weight is 259 g/mol. The zero-order valence-corrected chi connectivity index (χ0v) is 12.2. The Morgan fingerprint density at radius 1 is 1.47 bits per heavy atom. The molecule has 0 heterocycles. The van der Waals surface area contributed by atoms with E-state index < -0.39 is 5.41 Å². The van der Waals surface area contributed by atoms with Gasteiger partial charge in [0.05, 0.1) is 12.5 Å². The lowest BCUT2D eigenvalue weighted by atomic mass is 9.93. The van der Waals surface area contributed by atoms with E-state index in [9.17, 15) is 4.79 Å². The van der Waals surface area contributed by atoms with E-state index in [1.807, 2.05) is 13.8 Å². The Kier molecular flexibility index (Phi) is 5.80. The molecule has 1 aliphatic carbocycles. The van der Waals surface area contributed by atoms with Crippen LogP contribution in [0, 0.1) is 5.41 Å². The second kappa shape index (κ2) is 6.64. The number of ether oxygens (including phenoxy) is 1. The number of methoxy groups -OCH3 is 1. The minimum absolute atomic E-state index is 0.137. The van der Waals surface area contributed by atoms with E-state index >= 15 is 0 Å². The predicted molar refractivity (Wildman–Crippen MR) is 73.4 cm³/mol. The molecular weight excluding hydrogens is 234 g/mol. The molecule has 17 heavy (non-hydrogen) atoms. The third-order valence-corrected chi connectivity index (χ3v) is 4.59. The molecule has 0 aliphatic heterocycles. The second-order valence-corrected chi connectivity index (χ2v) is 6.92. The van der Waals surface area contributed by atoms with E-state index in [1.54, 1.807) is 0 Å².